The number of carbonyl (C=O) groups excluding carboxylic acids is 2. The molecule has 14 heteroatoms. The van der Waals surface area contributed by atoms with Gasteiger partial charge in [-0.15, -0.1) is 0 Å². The number of rotatable bonds is 11. The Morgan fingerprint density at radius 3 is 2.57 bits per heavy atom. The van der Waals surface area contributed by atoms with Crippen LogP contribution in [0, 0.1) is 5.41 Å². The number of benzene rings is 1. The van der Waals surface area contributed by atoms with Gasteiger partial charge in [0.15, 0.2) is 23.2 Å². The van der Waals surface area contributed by atoms with Crippen LogP contribution < -0.4 is 14.8 Å². The smallest absolute Gasteiger partial charge is 0.306 e. The van der Waals surface area contributed by atoms with Crippen LogP contribution in [0.25, 0.3) is 11.0 Å². The zero-order valence-electron chi connectivity index (χ0n) is 24.7. The van der Waals surface area contributed by atoms with Crippen molar-refractivity contribution in [2.24, 2.45) is 5.41 Å². The summed E-state index contributed by atoms with van der Waals surface area (Å²) >= 11 is 0. The summed E-state index contributed by atoms with van der Waals surface area (Å²) in [6, 6.07) is 1.74. The van der Waals surface area contributed by atoms with Crippen molar-refractivity contribution in [3.05, 3.63) is 23.5 Å². The summed E-state index contributed by atoms with van der Waals surface area (Å²) in [5, 5.41) is 65.6. The number of aliphatic hydroxyl groups is 6. The predicted octanol–water partition coefficient (Wildman–Crippen LogP) is -0.0394. The Morgan fingerprint density at radius 2 is 1.93 bits per heavy atom. The monoisotopic (exact) mass is 623 g/mol. The Hall–Kier alpha value is -2.98. The third kappa shape index (κ3) is 5.42. The maximum absolute atomic E-state index is 13.0. The predicted molar refractivity (Wildman–Crippen MR) is 151 cm³/mol. The Kier molecular flexibility index (Phi) is 9.42. The van der Waals surface area contributed by atoms with E-state index in [-0.39, 0.29) is 48.4 Å². The van der Waals surface area contributed by atoms with Crippen molar-refractivity contribution in [3.8, 4) is 11.5 Å². The Balaban J connectivity index is 1.62. The third-order valence-electron chi connectivity index (χ3n) is 9.34. The number of hydrogen-bond acceptors (Lipinski definition) is 13. The number of carbonyl (C=O) groups is 2. The van der Waals surface area contributed by atoms with Gasteiger partial charge in [-0.25, -0.2) is 0 Å². The van der Waals surface area contributed by atoms with Crippen molar-refractivity contribution in [1.29, 1.82) is 0 Å². The van der Waals surface area contributed by atoms with Gasteiger partial charge in [-0.1, -0.05) is 12.8 Å². The lowest BCUT2D eigenvalue weighted by Gasteiger charge is -2.48. The Labute approximate surface area is 253 Å². The van der Waals surface area contributed by atoms with E-state index in [9.17, 15) is 40.2 Å². The molecule has 5 rings (SSSR count). The van der Waals surface area contributed by atoms with Crippen molar-refractivity contribution in [3.63, 3.8) is 0 Å². The quantitative estimate of drug-likeness (QED) is 0.129. The summed E-state index contributed by atoms with van der Waals surface area (Å²) in [5.74, 6) is -0.622. The molecule has 244 valence electrons. The molecule has 1 aromatic carbocycles. The van der Waals surface area contributed by atoms with E-state index in [1.807, 2.05) is 0 Å². The molecule has 1 spiro atoms. The Bertz CT molecular complexity index is 1350. The van der Waals surface area contributed by atoms with Crippen LogP contribution in [0.2, 0.25) is 0 Å². The Morgan fingerprint density at radius 1 is 1.20 bits per heavy atom. The largest absolute Gasteiger partial charge is 0.490 e. The summed E-state index contributed by atoms with van der Waals surface area (Å²) in [4.78, 5) is 25.4. The van der Waals surface area contributed by atoms with Crippen molar-refractivity contribution in [1.82, 2.24) is 5.32 Å². The number of esters is 1. The molecule has 2 saturated heterocycles. The van der Waals surface area contributed by atoms with E-state index in [1.165, 1.54) is 7.11 Å². The van der Waals surface area contributed by atoms with E-state index in [1.54, 1.807) is 19.3 Å². The van der Waals surface area contributed by atoms with Crippen molar-refractivity contribution in [2.75, 3.05) is 26.9 Å². The molecule has 1 aliphatic carbocycles. The molecule has 1 amide bonds. The zero-order chi connectivity index (χ0) is 31.8. The van der Waals surface area contributed by atoms with Gasteiger partial charge in [-0.3, -0.25) is 9.59 Å². The van der Waals surface area contributed by atoms with Crippen LogP contribution in [0.3, 0.4) is 0 Å². The van der Waals surface area contributed by atoms with Gasteiger partial charge in [0.1, 0.15) is 18.3 Å². The topological polar surface area (TPSA) is 218 Å². The van der Waals surface area contributed by atoms with Gasteiger partial charge in [0.2, 0.25) is 17.9 Å². The van der Waals surface area contributed by atoms with Crippen LogP contribution in [-0.2, 0) is 25.5 Å². The fourth-order valence-corrected chi connectivity index (χ4v) is 7.03. The molecule has 3 fully saturated rings. The van der Waals surface area contributed by atoms with E-state index in [2.05, 4.69) is 5.32 Å². The fourth-order valence-electron chi connectivity index (χ4n) is 7.03. The van der Waals surface area contributed by atoms with E-state index < -0.39 is 60.9 Å². The van der Waals surface area contributed by atoms with E-state index >= 15 is 0 Å². The molecule has 0 radical (unpaired) electrons. The minimum absolute atomic E-state index is 0.0165. The van der Waals surface area contributed by atoms with Gasteiger partial charge < -0.3 is 59.3 Å². The maximum Gasteiger partial charge on any atom is 0.306 e. The van der Waals surface area contributed by atoms with Crippen molar-refractivity contribution in [2.45, 2.75) is 94.3 Å². The van der Waals surface area contributed by atoms with Crippen LogP contribution in [0.4, 0.5) is 0 Å². The lowest BCUT2D eigenvalue weighted by molar-refractivity contribution is -0.346. The van der Waals surface area contributed by atoms with Gasteiger partial charge >= 0.3 is 5.97 Å². The molecule has 6 atom stereocenters. The number of aryl methyl sites for hydroxylation is 1. The number of fused-ring (bicyclic) bond motifs is 1. The van der Waals surface area contributed by atoms with Crippen molar-refractivity contribution >= 4 is 22.8 Å². The molecule has 14 nitrogen and oxygen atoms in total. The highest BCUT2D eigenvalue weighted by Crippen LogP contribution is 2.54. The van der Waals surface area contributed by atoms with Crippen LogP contribution >= 0.6 is 0 Å². The van der Waals surface area contributed by atoms with Gasteiger partial charge in [-0.2, -0.15) is 0 Å². The molecular weight excluding hydrogens is 582 g/mol. The number of aliphatic hydroxyl groups excluding tert-OH is 4. The first-order valence-corrected chi connectivity index (χ1v) is 14.9. The second-order valence-corrected chi connectivity index (χ2v) is 11.8. The lowest BCUT2D eigenvalue weighted by atomic mass is 9.72. The van der Waals surface area contributed by atoms with Crippen LogP contribution in [0.5, 0.6) is 11.5 Å². The average molecular weight is 624 g/mol. The number of nitrogens with one attached hydrogen (secondary N) is 1. The first-order chi connectivity index (χ1) is 21.0. The highest BCUT2D eigenvalue weighted by atomic mass is 16.7. The number of hydrogen-bond donors (Lipinski definition) is 7. The summed E-state index contributed by atoms with van der Waals surface area (Å²) in [7, 11) is 1.36. The molecule has 0 bridgehead atoms. The van der Waals surface area contributed by atoms with Gasteiger partial charge in [0.05, 0.1) is 25.4 Å². The molecule has 1 saturated carbocycles. The summed E-state index contributed by atoms with van der Waals surface area (Å²) in [6.07, 6.45) is -5.38. The lowest BCUT2D eigenvalue weighted by Crippen LogP contribution is -2.69. The van der Waals surface area contributed by atoms with Crippen LogP contribution in [0.15, 0.2) is 16.7 Å². The number of amides is 1. The molecule has 3 aliphatic rings. The zero-order valence-corrected chi connectivity index (χ0v) is 24.7. The van der Waals surface area contributed by atoms with Crippen LogP contribution in [0.1, 0.15) is 62.5 Å². The summed E-state index contributed by atoms with van der Waals surface area (Å²) < 4.78 is 28.6. The summed E-state index contributed by atoms with van der Waals surface area (Å²) in [5.41, 5.74) is -1.52. The molecule has 0 unspecified atom stereocenters. The van der Waals surface area contributed by atoms with E-state index in [4.69, 9.17) is 23.4 Å². The van der Waals surface area contributed by atoms with Gasteiger partial charge in [0, 0.05) is 42.9 Å². The first-order valence-electron chi connectivity index (χ1n) is 14.9. The normalized spacial score (nSPS) is 29.8. The number of ether oxygens (including phenoxy) is 4. The SMILES string of the molecule is CCOC(=O)CCc1cc2c([C@H]3CNC(=O)C34CCCC4)coc2c(OC)c1O[C@@H]1O[C@H](C(O)O)[C@@H](O)[C@H](O)[C@]1(O)CCO. The minimum Gasteiger partial charge on any atom is -0.490 e. The maximum atomic E-state index is 13.0. The number of methoxy groups -OCH3 is 1. The van der Waals surface area contributed by atoms with E-state index in [0.29, 0.717) is 17.5 Å². The second-order valence-electron chi connectivity index (χ2n) is 11.8. The standard InChI is InChI=1S/C30H41NO13/c1-3-41-19(33)7-6-15-12-16-17(18-13-31-27(38)29(18)8-4-5-9-29)14-42-22(16)24(40-2)21(15)43-28-30(39,10-11-32)25(35)20(34)23(44-28)26(36)37/h12,14,18,20,23,25-26,28,32,34-37,39H,3-11,13H2,1-2H3,(H,31,38)/t18-,20-,23+,25+,28-,30-/m1/s1. The average Bonchev–Trinajstić information content (AvgIpc) is 3.72. The molecular formula is C30H41NO13. The third-order valence-corrected chi connectivity index (χ3v) is 9.34. The van der Waals surface area contributed by atoms with Crippen molar-refractivity contribution < 1.29 is 63.6 Å². The highest BCUT2D eigenvalue weighted by Gasteiger charge is 2.58. The highest BCUT2D eigenvalue weighted by molar-refractivity contribution is 5.93. The second kappa shape index (κ2) is 12.8. The van der Waals surface area contributed by atoms with Gasteiger partial charge in [-0.05, 0) is 37.8 Å². The minimum atomic E-state index is -2.41. The number of furan rings is 1. The fraction of sp³-hybridized carbons (Fsp3) is 0.667. The summed E-state index contributed by atoms with van der Waals surface area (Å²) in [6.45, 7) is 1.65. The molecule has 1 aromatic heterocycles. The molecule has 2 aliphatic heterocycles. The van der Waals surface area contributed by atoms with Gasteiger partial charge in [0.25, 0.3) is 0 Å². The van der Waals surface area contributed by atoms with Crippen LogP contribution in [-0.4, -0.2) is 106 Å². The molecule has 7 N–H and O–H groups in total. The molecule has 3 heterocycles. The molecule has 44 heavy (non-hydrogen) atoms. The first kappa shape index (κ1) is 32.4. The molecule has 2 aromatic rings. The van der Waals surface area contributed by atoms with E-state index in [0.717, 1.165) is 31.2 Å².